The summed E-state index contributed by atoms with van der Waals surface area (Å²) in [5.74, 6) is 0. The van der Waals surface area contributed by atoms with Crippen LogP contribution in [-0.2, 0) is 16.6 Å². The topological polar surface area (TPSA) is 66.4 Å². The Kier molecular flexibility index (Phi) is 5.78. The van der Waals surface area contributed by atoms with Crippen LogP contribution in [0.15, 0.2) is 21.5 Å². The molecule has 0 atom stereocenters. The summed E-state index contributed by atoms with van der Waals surface area (Å²) < 4.78 is 27.4. The SMILES string of the molecule is CCCCNS(=O)(=O)c1cc(CO)cc(C)c1Br. The van der Waals surface area contributed by atoms with Gasteiger partial charge in [-0.05, 0) is 46.5 Å². The van der Waals surface area contributed by atoms with Crippen molar-refractivity contribution in [2.24, 2.45) is 0 Å². The van der Waals surface area contributed by atoms with Crippen molar-refractivity contribution >= 4 is 26.0 Å². The van der Waals surface area contributed by atoms with Gasteiger partial charge in [-0.1, -0.05) is 19.4 Å². The third kappa shape index (κ3) is 3.78. The van der Waals surface area contributed by atoms with Gasteiger partial charge in [0.25, 0.3) is 0 Å². The summed E-state index contributed by atoms with van der Waals surface area (Å²) in [4.78, 5) is 0.183. The maximum atomic E-state index is 12.1. The van der Waals surface area contributed by atoms with Crippen molar-refractivity contribution < 1.29 is 13.5 Å². The first-order valence-electron chi connectivity index (χ1n) is 5.82. The number of halogens is 1. The van der Waals surface area contributed by atoms with E-state index < -0.39 is 10.0 Å². The Morgan fingerprint density at radius 1 is 1.39 bits per heavy atom. The van der Waals surface area contributed by atoms with Crippen LogP contribution in [0.25, 0.3) is 0 Å². The molecule has 1 aromatic rings. The second-order valence-corrected chi connectivity index (χ2v) is 6.66. The first-order valence-corrected chi connectivity index (χ1v) is 8.09. The molecule has 0 aliphatic rings. The molecule has 2 N–H and O–H groups in total. The smallest absolute Gasteiger partial charge is 0.241 e. The predicted molar refractivity (Wildman–Crippen MR) is 74.9 cm³/mol. The molecular weight excluding hydrogens is 318 g/mol. The van der Waals surface area contributed by atoms with Crippen molar-refractivity contribution in [3.63, 3.8) is 0 Å². The summed E-state index contributed by atoms with van der Waals surface area (Å²) in [5.41, 5.74) is 1.38. The quantitative estimate of drug-likeness (QED) is 0.784. The highest BCUT2D eigenvalue weighted by molar-refractivity contribution is 9.10. The molecule has 0 saturated carbocycles. The summed E-state index contributed by atoms with van der Waals surface area (Å²) in [6, 6.07) is 3.25. The standard InChI is InChI=1S/C12H18BrNO3S/c1-3-4-5-14-18(16,17)11-7-10(8-15)6-9(2)12(11)13/h6-7,14-15H,3-5,8H2,1-2H3. The lowest BCUT2D eigenvalue weighted by Crippen LogP contribution is -2.25. The Balaban J connectivity index is 3.11. The van der Waals surface area contributed by atoms with Crippen molar-refractivity contribution in [3.8, 4) is 0 Å². The van der Waals surface area contributed by atoms with Gasteiger partial charge in [-0.15, -0.1) is 0 Å². The average molecular weight is 336 g/mol. The second-order valence-electron chi connectivity index (χ2n) is 4.13. The van der Waals surface area contributed by atoms with Crippen LogP contribution >= 0.6 is 15.9 Å². The van der Waals surface area contributed by atoms with E-state index in [-0.39, 0.29) is 11.5 Å². The lowest BCUT2D eigenvalue weighted by molar-refractivity contribution is 0.281. The predicted octanol–water partition coefficient (Wildman–Crippen LogP) is 2.33. The fourth-order valence-electron chi connectivity index (χ4n) is 1.56. The maximum absolute atomic E-state index is 12.1. The van der Waals surface area contributed by atoms with Crippen LogP contribution < -0.4 is 4.72 Å². The Labute approximate surface area is 117 Å². The second kappa shape index (κ2) is 6.65. The molecule has 0 amide bonds. The number of nitrogens with one attached hydrogen (secondary N) is 1. The van der Waals surface area contributed by atoms with Crippen molar-refractivity contribution in [3.05, 3.63) is 27.7 Å². The van der Waals surface area contributed by atoms with Gasteiger partial charge in [0.2, 0.25) is 10.0 Å². The molecule has 0 spiro atoms. The molecule has 1 rings (SSSR count). The summed E-state index contributed by atoms with van der Waals surface area (Å²) in [5, 5.41) is 9.13. The number of aliphatic hydroxyl groups excluding tert-OH is 1. The molecule has 0 aromatic heterocycles. The van der Waals surface area contributed by atoms with E-state index in [0.717, 1.165) is 18.4 Å². The fourth-order valence-corrected chi connectivity index (χ4v) is 3.70. The molecular formula is C12H18BrNO3S. The van der Waals surface area contributed by atoms with Crippen molar-refractivity contribution in [1.82, 2.24) is 4.72 Å². The maximum Gasteiger partial charge on any atom is 0.241 e. The monoisotopic (exact) mass is 335 g/mol. The summed E-state index contributed by atoms with van der Waals surface area (Å²) in [7, 11) is -3.53. The summed E-state index contributed by atoms with van der Waals surface area (Å²) in [6.45, 7) is 4.05. The number of benzene rings is 1. The number of sulfonamides is 1. The number of hydrogen-bond donors (Lipinski definition) is 2. The van der Waals surface area contributed by atoms with E-state index in [4.69, 9.17) is 5.11 Å². The van der Waals surface area contributed by atoms with E-state index in [0.29, 0.717) is 16.6 Å². The number of unbranched alkanes of at least 4 members (excludes halogenated alkanes) is 1. The molecule has 0 unspecified atom stereocenters. The van der Waals surface area contributed by atoms with Crippen LogP contribution in [0.5, 0.6) is 0 Å². The van der Waals surface area contributed by atoms with E-state index in [1.54, 1.807) is 13.0 Å². The highest BCUT2D eigenvalue weighted by Gasteiger charge is 2.19. The van der Waals surface area contributed by atoms with Crippen molar-refractivity contribution in [2.75, 3.05) is 6.54 Å². The van der Waals surface area contributed by atoms with Gasteiger partial charge in [-0.2, -0.15) is 0 Å². The molecule has 0 saturated heterocycles. The normalized spacial score (nSPS) is 11.8. The van der Waals surface area contributed by atoms with Crippen LogP contribution in [-0.4, -0.2) is 20.1 Å². The van der Waals surface area contributed by atoms with E-state index in [9.17, 15) is 8.42 Å². The van der Waals surface area contributed by atoms with Gasteiger partial charge in [0.15, 0.2) is 0 Å². The third-order valence-corrected chi connectivity index (χ3v) is 5.38. The molecule has 102 valence electrons. The van der Waals surface area contributed by atoms with Gasteiger partial charge < -0.3 is 5.11 Å². The average Bonchev–Trinajstić information content (AvgIpc) is 2.32. The van der Waals surface area contributed by atoms with Gasteiger partial charge in [0, 0.05) is 11.0 Å². The highest BCUT2D eigenvalue weighted by Crippen LogP contribution is 2.27. The third-order valence-electron chi connectivity index (χ3n) is 2.58. The molecule has 6 heteroatoms. The first-order chi connectivity index (χ1) is 8.42. The zero-order chi connectivity index (χ0) is 13.8. The lowest BCUT2D eigenvalue weighted by atomic mass is 10.1. The van der Waals surface area contributed by atoms with Crippen LogP contribution in [0.4, 0.5) is 0 Å². The Morgan fingerprint density at radius 2 is 2.06 bits per heavy atom. The Bertz CT molecular complexity index is 514. The Morgan fingerprint density at radius 3 is 2.61 bits per heavy atom. The number of aliphatic hydroxyl groups is 1. The largest absolute Gasteiger partial charge is 0.392 e. The van der Waals surface area contributed by atoms with Gasteiger partial charge in [-0.25, -0.2) is 13.1 Å². The molecule has 1 aromatic carbocycles. The van der Waals surface area contributed by atoms with Crippen LogP contribution in [0, 0.1) is 6.92 Å². The zero-order valence-electron chi connectivity index (χ0n) is 10.5. The van der Waals surface area contributed by atoms with Crippen molar-refractivity contribution in [2.45, 2.75) is 38.2 Å². The molecule has 18 heavy (non-hydrogen) atoms. The lowest BCUT2D eigenvalue weighted by Gasteiger charge is -2.11. The highest BCUT2D eigenvalue weighted by atomic mass is 79.9. The van der Waals surface area contributed by atoms with E-state index in [2.05, 4.69) is 20.7 Å². The van der Waals surface area contributed by atoms with E-state index in [1.807, 2.05) is 6.92 Å². The number of hydrogen-bond acceptors (Lipinski definition) is 3. The van der Waals surface area contributed by atoms with Gasteiger partial charge in [-0.3, -0.25) is 0 Å². The summed E-state index contributed by atoms with van der Waals surface area (Å²) >= 11 is 3.29. The molecule has 0 heterocycles. The molecule has 4 nitrogen and oxygen atoms in total. The molecule has 0 fully saturated rings. The summed E-state index contributed by atoms with van der Waals surface area (Å²) in [6.07, 6.45) is 1.73. The van der Waals surface area contributed by atoms with Crippen LogP contribution in [0.2, 0.25) is 0 Å². The van der Waals surface area contributed by atoms with Crippen molar-refractivity contribution in [1.29, 1.82) is 0 Å². The number of aryl methyl sites for hydroxylation is 1. The molecule has 0 aliphatic heterocycles. The molecule has 0 radical (unpaired) electrons. The first kappa shape index (κ1) is 15.6. The minimum Gasteiger partial charge on any atom is -0.392 e. The van der Waals surface area contributed by atoms with E-state index in [1.165, 1.54) is 6.07 Å². The number of rotatable bonds is 6. The molecule has 0 aliphatic carbocycles. The van der Waals surface area contributed by atoms with Gasteiger partial charge in [0.1, 0.15) is 0 Å². The fraction of sp³-hybridized carbons (Fsp3) is 0.500. The van der Waals surface area contributed by atoms with Crippen LogP contribution in [0.1, 0.15) is 30.9 Å². The van der Waals surface area contributed by atoms with Gasteiger partial charge >= 0.3 is 0 Å². The minimum absolute atomic E-state index is 0.175. The zero-order valence-corrected chi connectivity index (χ0v) is 12.9. The van der Waals surface area contributed by atoms with Crippen LogP contribution in [0.3, 0.4) is 0 Å². The van der Waals surface area contributed by atoms with Gasteiger partial charge in [0.05, 0.1) is 11.5 Å². The minimum atomic E-state index is -3.53. The molecule has 0 bridgehead atoms. The Hall–Kier alpha value is -0.430. The van der Waals surface area contributed by atoms with E-state index >= 15 is 0 Å².